The molecule has 2 amide bonds. The standard InChI is InChI=1S/C41H42N8O4/c1-53-39(50)38-25-43-49(29-38)41(52)47-18-14-45(15-19-47)27-32-8-11-36-21-30(6-10-37(36)23-32)20-33-24-42-48(28-33)40(51)46-16-12-44(13-17-46)26-31-7-9-34-4-2-3-5-35(34)22-31/h2-11,21-25,28-29H,12-20,26-27H2,1H3. The molecule has 2 fully saturated rings. The van der Waals surface area contributed by atoms with Crippen LogP contribution in [-0.2, 0) is 24.2 Å². The van der Waals surface area contributed by atoms with Gasteiger partial charge < -0.3 is 14.5 Å². The molecular weight excluding hydrogens is 669 g/mol. The molecule has 0 unspecified atom stereocenters. The van der Waals surface area contributed by atoms with E-state index in [0.717, 1.165) is 55.8 Å². The van der Waals surface area contributed by atoms with E-state index in [4.69, 9.17) is 4.74 Å². The van der Waals surface area contributed by atoms with Gasteiger partial charge in [0.25, 0.3) is 0 Å². The van der Waals surface area contributed by atoms with Gasteiger partial charge in [-0.1, -0.05) is 66.7 Å². The molecule has 0 radical (unpaired) electrons. The molecule has 270 valence electrons. The summed E-state index contributed by atoms with van der Waals surface area (Å²) in [7, 11) is 1.30. The normalized spacial score (nSPS) is 15.6. The van der Waals surface area contributed by atoms with Crippen LogP contribution in [0.1, 0.15) is 32.6 Å². The molecule has 8 rings (SSSR count). The quantitative estimate of drug-likeness (QED) is 0.205. The molecule has 12 heteroatoms. The second kappa shape index (κ2) is 15.0. The Bertz CT molecular complexity index is 2280. The largest absolute Gasteiger partial charge is 0.465 e. The lowest BCUT2D eigenvalue weighted by atomic mass is 10.0. The van der Waals surface area contributed by atoms with Crippen molar-refractivity contribution in [1.29, 1.82) is 0 Å². The minimum Gasteiger partial charge on any atom is -0.465 e. The van der Waals surface area contributed by atoms with Crippen LogP contribution in [0.2, 0.25) is 0 Å². The number of amides is 2. The van der Waals surface area contributed by atoms with Gasteiger partial charge in [-0.3, -0.25) is 9.80 Å². The van der Waals surface area contributed by atoms with Gasteiger partial charge in [0.2, 0.25) is 0 Å². The predicted octanol–water partition coefficient (Wildman–Crippen LogP) is 5.34. The number of benzene rings is 4. The molecule has 6 aromatic rings. The van der Waals surface area contributed by atoms with Crippen molar-refractivity contribution in [1.82, 2.24) is 39.2 Å². The van der Waals surface area contributed by atoms with Gasteiger partial charge in [0.15, 0.2) is 0 Å². The topological polar surface area (TPSA) is 109 Å². The number of piperazine rings is 2. The summed E-state index contributed by atoms with van der Waals surface area (Å²) in [6, 6.07) is 27.8. The third-order valence-corrected chi connectivity index (χ3v) is 10.3. The first-order valence-corrected chi connectivity index (χ1v) is 18.1. The van der Waals surface area contributed by atoms with Crippen LogP contribution in [-0.4, -0.2) is 117 Å². The highest BCUT2D eigenvalue weighted by atomic mass is 16.5. The SMILES string of the molecule is COC(=O)c1cnn(C(=O)N2CCN(Cc3ccc4cc(Cc5cnn(C(=O)N6CCN(Cc7ccc8ccccc8c7)CC6)c5)ccc4c3)CC2)c1. The highest BCUT2D eigenvalue weighted by Crippen LogP contribution is 2.22. The minimum absolute atomic E-state index is 0.0761. The van der Waals surface area contributed by atoms with E-state index in [9.17, 15) is 14.4 Å². The molecule has 0 N–H and O–H groups in total. The Morgan fingerprint density at radius 2 is 1.06 bits per heavy atom. The van der Waals surface area contributed by atoms with Gasteiger partial charge in [0.1, 0.15) is 0 Å². The van der Waals surface area contributed by atoms with Crippen molar-refractivity contribution in [2.24, 2.45) is 0 Å². The molecule has 0 aliphatic carbocycles. The van der Waals surface area contributed by atoms with E-state index in [-0.39, 0.29) is 17.6 Å². The number of rotatable bonds is 7. The van der Waals surface area contributed by atoms with Gasteiger partial charge in [-0.15, -0.1) is 0 Å². The summed E-state index contributed by atoms with van der Waals surface area (Å²) in [5.41, 5.74) is 4.92. The van der Waals surface area contributed by atoms with Crippen LogP contribution in [0.15, 0.2) is 104 Å². The Labute approximate surface area is 307 Å². The zero-order valence-corrected chi connectivity index (χ0v) is 29.8. The van der Waals surface area contributed by atoms with Crippen molar-refractivity contribution in [3.05, 3.63) is 131 Å². The second-order valence-corrected chi connectivity index (χ2v) is 13.9. The van der Waals surface area contributed by atoms with Crippen LogP contribution in [0.4, 0.5) is 9.59 Å². The number of carbonyl (C=O) groups is 3. The number of ether oxygens (including phenoxy) is 1. The van der Waals surface area contributed by atoms with Crippen molar-refractivity contribution in [3.63, 3.8) is 0 Å². The zero-order valence-electron chi connectivity index (χ0n) is 29.8. The third kappa shape index (κ3) is 7.69. The van der Waals surface area contributed by atoms with Gasteiger partial charge in [-0.2, -0.15) is 19.6 Å². The third-order valence-electron chi connectivity index (χ3n) is 10.3. The number of hydrogen-bond acceptors (Lipinski definition) is 8. The van der Waals surface area contributed by atoms with Gasteiger partial charge >= 0.3 is 18.0 Å². The van der Waals surface area contributed by atoms with Crippen LogP contribution in [0.25, 0.3) is 21.5 Å². The smallest absolute Gasteiger partial charge is 0.344 e. The minimum atomic E-state index is -0.518. The Kier molecular flexibility index (Phi) is 9.70. The number of carbonyl (C=O) groups excluding carboxylic acids is 3. The molecule has 2 saturated heterocycles. The first-order valence-electron chi connectivity index (χ1n) is 18.1. The summed E-state index contributed by atoms with van der Waals surface area (Å²) in [6.45, 7) is 7.33. The zero-order chi connectivity index (χ0) is 36.3. The van der Waals surface area contributed by atoms with E-state index in [1.165, 1.54) is 56.2 Å². The Balaban J connectivity index is 0.813. The van der Waals surface area contributed by atoms with E-state index in [2.05, 4.69) is 98.9 Å². The molecule has 0 saturated carbocycles. The Morgan fingerprint density at radius 3 is 1.66 bits per heavy atom. The molecule has 12 nitrogen and oxygen atoms in total. The van der Waals surface area contributed by atoms with Crippen molar-refractivity contribution >= 4 is 39.6 Å². The van der Waals surface area contributed by atoms with Crippen LogP contribution in [0.5, 0.6) is 0 Å². The number of hydrogen-bond donors (Lipinski definition) is 0. The van der Waals surface area contributed by atoms with Crippen molar-refractivity contribution in [2.75, 3.05) is 59.5 Å². The molecule has 0 spiro atoms. The van der Waals surface area contributed by atoms with E-state index in [1.807, 2.05) is 11.1 Å². The highest BCUT2D eigenvalue weighted by molar-refractivity contribution is 5.90. The lowest BCUT2D eigenvalue weighted by Gasteiger charge is -2.34. The Morgan fingerprint density at radius 1 is 0.566 bits per heavy atom. The monoisotopic (exact) mass is 710 g/mol. The fourth-order valence-corrected chi connectivity index (χ4v) is 7.33. The number of aromatic nitrogens is 4. The van der Waals surface area contributed by atoms with E-state index in [1.54, 1.807) is 11.1 Å². The van der Waals surface area contributed by atoms with Crippen molar-refractivity contribution in [3.8, 4) is 0 Å². The summed E-state index contributed by atoms with van der Waals surface area (Å²) in [5.74, 6) is -0.518. The maximum absolute atomic E-state index is 13.3. The van der Waals surface area contributed by atoms with Gasteiger partial charge in [-0.25, -0.2) is 14.4 Å². The summed E-state index contributed by atoms with van der Waals surface area (Å²) >= 11 is 0. The van der Waals surface area contributed by atoms with Crippen LogP contribution < -0.4 is 0 Å². The van der Waals surface area contributed by atoms with Crippen LogP contribution >= 0.6 is 0 Å². The van der Waals surface area contributed by atoms with Crippen LogP contribution in [0, 0.1) is 0 Å². The summed E-state index contributed by atoms with van der Waals surface area (Å²) in [6.07, 6.45) is 7.10. The maximum atomic E-state index is 13.3. The van der Waals surface area contributed by atoms with Crippen molar-refractivity contribution < 1.29 is 19.1 Å². The summed E-state index contributed by atoms with van der Waals surface area (Å²) in [5, 5.41) is 13.3. The second-order valence-electron chi connectivity index (χ2n) is 13.9. The average Bonchev–Trinajstić information content (AvgIpc) is 3.89. The van der Waals surface area contributed by atoms with Gasteiger partial charge in [-0.05, 0) is 55.9 Å². The van der Waals surface area contributed by atoms with E-state index in [0.29, 0.717) is 32.6 Å². The van der Waals surface area contributed by atoms with E-state index >= 15 is 0 Å². The maximum Gasteiger partial charge on any atom is 0.344 e. The first-order chi connectivity index (χ1) is 25.9. The number of methoxy groups -OCH3 is 1. The van der Waals surface area contributed by atoms with E-state index < -0.39 is 5.97 Å². The molecule has 4 aromatic carbocycles. The molecule has 2 aliphatic rings. The summed E-state index contributed by atoms with van der Waals surface area (Å²) in [4.78, 5) is 46.3. The molecular formula is C41H42N8O4. The first kappa shape index (κ1) is 34.2. The molecule has 4 heterocycles. The lowest BCUT2D eigenvalue weighted by molar-refractivity contribution is 0.0600. The number of esters is 1. The number of nitrogens with zero attached hydrogens (tertiary/aromatic N) is 8. The number of fused-ring (bicyclic) bond motifs is 2. The Hall–Kier alpha value is -5.85. The fourth-order valence-electron chi connectivity index (χ4n) is 7.33. The predicted molar refractivity (Wildman–Crippen MR) is 202 cm³/mol. The van der Waals surface area contributed by atoms with Crippen molar-refractivity contribution in [2.45, 2.75) is 19.5 Å². The summed E-state index contributed by atoms with van der Waals surface area (Å²) < 4.78 is 7.39. The fraction of sp³-hybridized carbons (Fsp3) is 0.293. The van der Waals surface area contributed by atoms with Crippen LogP contribution in [0.3, 0.4) is 0 Å². The highest BCUT2D eigenvalue weighted by Gasteiger charge is 2.25. The lowest BCUT2D eigenvalue weighted by Crippen LogP contribution is -2.49. The van der Waals surface area contributed by atoms with Gasteiger partial charge in [0.05, 0.1) is 31.3 Å². The molecule has 0 atom stereocenters. The molecule has 53 heavy (non-hydrogen) atoms. The molecule has 2 aliphatic heterocycles. The molecule has 0 bridgehead atoms. The molecule has 2 aromatic heterocycles. The average molecular weight is 711 g/mol. The van der Waals surface area contributed by atoms with Gasteiger partial charge in [0, 0.05) is 78.1 Å².